The number of aliphatic hydroxyl groups excluding tert-OH is 2. The smallest absolute Gasteiger partial charge is 0.387 e. The van der Waals surface area contributed by atoms with E-state index in [1.165, 1.54) is 6.20 Å². The van der Waals surface area contributed by atoms with E-state index in [0.717, 1.165) is 27.1 Å². The Hall–Kier alpha value is -3.01. The molecule has 6 N–H and O–H groups in total. The molecule has 0 saturated carbocycles. The van der Waals surface area contributed by atoms with Gasteiger partial charge in [0.25, 0.3) is 5.56 Å². The molecule has 3 unspecified atom stereocenters. The molecule has 210 valence electrons. The van der Waals surface area contributed by atoms with Gasteiger partial charge in [-0.3, -0.25) is 23.4 Å². The van der Waals surface area contributed by atoms with Crippen LogP contribution in [0, 0.1) is 0 Å². The van der Waals surface area contributed by atoms with Crippen LogP contribution in [0.4, 0.5) is 11.4 Å². The number of benzene rings is 1. The average Bonchev–Trinajstić information content (AvgIpc) is 3.13. The molecule has 1 saturated heterocycles. The molecule has 1 fully saturated rings. The lowest BCUT2D eigenvalue weighted by atomic mass is 10.1. The Morgan fingerprint density at radius 1 is 1.00 bits per heavy atom. The van der Waals surface area contributed by atoms with Crippen molar-refractivity contribution in [3.63, 3.8) is 0 Å². The zero-order chi connectivity index (χ0) is 28.4. The van der Waals surface area contributed by atoms with Crippen molar-refractivity contribution >= 4 is 27.0 Å². The maximum atomic E-state index is 13.2. The summed E-state index contributed by atoms with van der Waals surface area (Å²) in [4.78, 5) is 56.7. The molecular weight excluding hydrogens is 562 g/mol. The Balaban J connectivity index is 1.52. The first kappa shape index (κ1) is 29.0. The topological polar surface area (TPSA) is 232 Å². The van der Waals surface area contributed by atoms with E-state index in [1.807, 2.05) is 30.3 Å². The molecule has 1 aromatic carbocycles. The van der Waals surface area contributed by atoms with E-state index in [1.54, 1.807) is 12.1 Å². The minimum atomic E-state index is -5.38. The summed E-state index contributed by atoms with van der Waals surface area (Å²) in [5.41, 5.74) is 0.226. The monoisotopic (exact) mass is 586 g/mol. The Kier molecular flexibility index (Phi) is 8.63. The summed E-state index contributed by atoms with van der Waals surface area (Å²) in [6.07, 6.45) is -4.03. The highest BCUT2D eigenvalue weighted by Gasteiger charge is 2.46. The SMILES string of the molecule is O=c1ccn([C@@H]2O[C@H](COP(=O)(O)OP(=O)(O)O)C(O)C2O)c(=O)n1Cc1cc(Nc2ccccc2)ccn1. The summed E-state index contributed by atoms with van der Waals surface area (Å²) in [5, 5.41) is 23.9. The standard InChI is InChI=1S/C21H24N4O12P2/c26-17-7-9-24(20-19(28)18(27)16(36-20)12-35-39(33,34)37-38(30,31)32)21(29)25(17)11-15-10-14(6-8-22-15)23-13-4-2-1-3-5-13/h1-10,16,18-20,27-28H,11-12H2,(H,22,23)(H,33,34)(H2,30,31,32)/t16-,18?,19?,20-/m1/s1. The lowest BCUT2D eigenvalue weighted by Gasteiger charge is -2.19. The second-order valence-corrected chi connectivity index (χ2v) is 11.2. The zero-order valence-corrected chi connectivity index (χ0v) is 21.6. The number of nitrogens with zero attached hydrogens (tertiary/aromatic N) is 3. The molecule has 0 aliphatic carbocycles. The van der Waals surface area contributed by atoms with Gasteiger partial charge in [0.05, 0.1) is 18.8 Å². The lowest BCUT2D eigenvalue weighted by Crippen LogP contribution is -2.43. The first-order valence-corrected chi connectivity index (χ1v) is 14.2. The molecule has 3 heterocycles. The second kappa shape index (κ2) is 11.6. The van der Waals surface area contributed by atoms with Crippen LogP contribution in [0.1, 0.15) is 11.9 Å². The molecule has 0 spiro atoms. The van der Waals surface area contributed by atoms with Gasteiger partial charge in [0.15, 0.2) is 6.23 Å². The van der Waals surface area contributed by atoms with Gasteiger partial charge in [-0.2, -0.15) is 4.31 Å². The minimum Gasteiger partial charge on any atom is -0.387 e. The molecule has 16 nitrogen and oxygen atoms in total. The zero-order valence-electron chi connectivity index (χ0n) is 19.8. The third-order valence-corrected chi connectivity index (χ3v) is 7.67. The number of nitrogens with one attached hydrogen (secondary N) is 1. The van der Waals surface area contributed by atoms with Crippen LogP contribution in [0.25, 0.3) is 0 Å². The fraction of sp³-hybridized carbons (Fsp3) is 0.286. The van der Waals surface area contributed by atoms with Crippen molar-refractivity contribution in [1.82, 2.24) is 14.1 Å². The van der Waals surface area contributed by atoms with Crippen LogP contribution in [0.2, 0.25) is 0 Å². The van der Waals surface area contributed by atoms with Crippen LogP contribution >= 0.6 is 15.6 Å². The number of aliphatic hydroxyl groups is 2. The highest BCUT2D eigenvalue weighted by molar-refractivity contribution is 7.60. The molecule has 3 aromatic rings. The molecule has 4 rings (SSSR count). The highest BCUT2D eigenvalue weighted by atomic mass is 31.3. The first-order chi connectivity index (χ1) is 18.3. The van der Waals surface area contributed by atoms with Gasteiger partial charge in [-0.1, -0.05) is 18.2 Å². The summed E-state index contributed by atoms with van der Waals surface area (Å²) < 4.78 is 37.7. The molecule has 18 heteroatoms. The van der Waals surface area contributed by atoms with Crippen molar-refractivity contribution in [1.29, 1.82) is 0 Å². The number of pyridine rings is 1. The molecule has 5 atom stereocenters. The Morgan fingerprint density at radius 3 is 2.41 bits per heavy atom. The number of aromatic nitrogens is 3. The fourth-order valence-corrected chi connectivity index (χ4v) is 5.38. The molecule has 39 heavy (non-hydrogen) atoms. The number of anilines is 2. The minimum absolute atomic E-state index is 0.242. The second-order valence-electron chi connectivity index (χ2n) is 8.34. The van der Waals surface area contributed by atoms with Gasteiger partial charge in [0.1, 0.15) is 18.3 Å². The summed E-state index contributed by atoms with van der Waals surface area (Å²) >= 11 is 0. The average molecular weight is 586 g/mol. The van der Waals surface area contributed by atoms with Crippen LogP contribution in [0.3, 0.4) is 0 Å². The molecule has 0 bridgehead atoms. The number of hydrogen-bond acceptors (Lipinski definition) is 11. The highest BCUT2D eigenvalue weighted by Crippen LogP contribution is 2.57. The summed E-state index contributed by atoms with van der Waals surface area (Å²) in [5.74, 6) is 0. The number of phosphoric ester groups is 1. The number of ether oxygens (including phenoxy) is 1. The van der Waals surface area contributed by atoms with Gasteiger partial charge in [-0.15, -0.1) is 0 Å². The van der Waals surface area contributed by atoms with Gasteiger partial charge in [-0.25, -0.2) is 13.9 Å². The van der Waals surface area contributed by atoms with Crippen molar-refractivity contribution in [3.8, 4) is 0 Å². The quantitative estimate of drug-likeness (QED) is 0.172. The molecular formula is C21H24N4O12P2. The van der Waals surface area contributed by atoms with Crippen LogP contribution < -0.4 is 16.6 Å². The van der Waals surface area contributed by atoms with E-state index < -0.39 is 58.0 Å². The Labute approximate surface area is 219 Å². The van der Waals surface area contributed by atoms with Crippen molar-refractivity contribution in [3.05, 3.63) is 87.5 Å². The summed E-state index contributed by atoms with van der Waals surface area (Å²) in [6.45, 7) is -1.18. The Morgan fingerprint density at radius 2 is 1.72 bits per heavy atom. The van der Waals surface area contributed by atoms with E-state index in [0.29, 0.717) is 11.4 Å². The van der Waals surface area contributed by atoms with Crippen LogP contribution in [-0.4, -0.2) is 63.9 Å². The third kappa shape index (κ3) is 7.35. The normalized spacial score (nSPS) is 22.9. The van der Waals surface area contributed by atoms with E-state index in [4.69, 9.17) is 14.5 Å². The fourth-order valence-electron chi connectivity index (χ4n) is 3.79. The summed E-state index contributed by atoms with van der Waals surface area (Å²) in [6, 6.07) is 13.6. The van der Waals surface area contributed by atoms with Gasteiger partial charge >= 0.3 is 21.3 Å². The van der Waals surface area contributed by atoms with Crippen LogP contribution in [0.15, 0.2) is 70.5 Å². The van der Waals surface area contributed by atoms with Gasteiger partial charge in [0, 0.05) is 29.8 Å². The maximum Gasteiger partial charge on any atom is 0.481 e. The van der Waals surface area contributed by atoms with Crippen molar-refractivity contribution in [2.45, 2.75) is 31.1 Å². The number of hydrogen-bond donors (Lipinski definition) is 6. The predicted octanol–water partition coefficient (Wildman–Crippen LogP) is 0.0424. The molecule has 2 aromatic heterocycles. The van der Waals surface area contributed by atoms with Crippen molar-refractivity contribution in [2.75, 3.05) is 11.9 Å². The van der Waals surface area contributed by atoms with Gasteiger partial charge in [-0.05, 0) is 24.3 Å². The van der Waals surface area contributed by atoms with Crippen molar-refractivity contribution in [2.24, 2.45) is 0 Å². The number of phosphoric acid groups is 2. The lowest BCUT2D eigenvalue weighted by molar-refractivity contribution is -0.0547. The molecule has 1 aliphatic heterocycles. The van der Waals surface area contributed by atoms with Crippen LogP contribution in [-0.2, 0) is 29.2 Å². The van der Waals surface area contributed by atoms with Crippen molar-refractivity contribution < 1.29 is 47.6 Å². The predicted molar refractivity (Wildman–Crippen MR) is 133 cm³/mol. The summed E-state index contributed by atoms with van der Waals surface area (Å²) in [7, 11) is -10.6. The third-order valence-electron chi connectivity index (χ3n) is 5.52. The van der Waals surface area contributed by atoms with E-state index >= 15 is 0 Å². The molecule has 1 aliphatic rings. The van der Waals surface area contributed by atoms with E-state index in [2.05, 4.69) is 19.1 Å². The maximum absolute atomic E-state index is 13.2. The molecule has 0 radical (unpaired) electrons. The first-order valence-electron chi connectivity index (χ1n) is 11.2. The van der Waals surface area contributed by atoms with Gasteiger partial charge < -0.3 is 34.9 Å². The Bertz CT molecular complexity index is 1530. The van der Waals surface area contributed by atoms with Gasteiger partial charge in [0.2, 0.25) is 0 Å². The largest absolute Gasteiger partial charge is 0.481 e. The van der Waals surface area contributed by atoms with Crippen LogP contribution in [0.5, 0.6) is 0 Å². The van der Waals surface area contributed by atoms with E-state index in [-0.39, 0.29) is 6.54 Å². The molecule has 0 amide bonds. The number of para-hydroxylation sites is 1. The number of rotatable bonds is 10. The van der Waals surface area contributed by atoms with E-state index in [9.17, 15) is 33.8 Å².